The topological polar surface area (TPSA) is 49.3 Å². The van der Waals surface area contributed by atoms with Crippen molar-refractivity contribution in [2.45, 2.75) is 19.1 Å². The Labute approximate surface area is 154 Å². The molecule has 26 heavy (non-hydrogen) atoms. The second-order valence-electron chi connectivity index (χ2n) is 6.36. The average Bonchev–Trinajstić information content (AvgIpc) is 2.72. The molecule has 3 aromatic carbocycles. The summed E-state index contributed by atoms with van der Waals surface area (Å²) >= 11 is 0. The SMILES string of the molecule is O=C(NCc1ccccc1)[C@H](Cc1ccccc1)[C@H](O)c1ccccc1. The van der Waals surface area contributed by atoms with Gasteiger partial charge >= 0.3 is 0 Å². The van der Waals surface area contributed by atoms with Crippen LogP contribution in [0.5, 0.6) is 0 Å². The van der Waals surface area contributed by atoms with Crippen molar-refractivity contribution in [2.24, 2.45) is 5.92 Å². The third-order valence-corrected chi connectivity index (χ3v) is 4.47. The van der Waals surface area contributed by atoms with Crippen molar-refractivity contribution in [2.75, 3.05) is 0 Å². The Bertz CT molecular complexity index is 803. The van der Waals surface area contributed by atoms with E-state index in [1.165, 1.54) is 0 Å². The molecule has 0 saturated carbocycles. The molecule has 0 aliphatic rings. The number of carbonyl (C=O) groups is 1. The van der Waals surface area contributed by atoms with Gasteiger partial charge in [-0.05, 0) is 23.1 Å². The van der Waals surface area contributed by atoms with E-state index in [2.05, 4.69) is 5.32 Å². The van der Waals surface area contributed by atoms with Crippen LogP contribution in [0.2, 0.25) is 0 Å². The van der Waals surface area contributed by atoms with Crippen molar-refractivity contribution < 1.29 is 9.90 Å². The number of nitrogens with one attached hydrogen (secondary N) is 1. The predicted octanol–water partition coefficient (Wildman–Crippen LogP) is 3.90. The van der Waals surface area contributed by atoms with E-state index in [-0.39, 0.29) is 5.91 Å². The minimum absolute atomic E-state index is 0.144. The van der Waals surface area contributed by atoms with Gasteiger partial charge < -0.3 is 10.4 Å². The predicted molar refractivity (Wildman–Crippen MR) is 103 cm³/mol. The molecule has 3 aromatic rings. The van der Waals surface area contributed by atoms with Gasteiger partial charge in [-0.2, -0.15) is 0 Å². The smallest absolute Gasteiger partial charge is 0.226 e. The van der Waals surface area contributed by atoms with E-state index in [0.29, 0.717) is 13.0 Å². The average molecular weight is 345 g/mol. The van der Waals surface area contributed by atoms with Gasteiger partial charge in [0.1, 0.15) is 0 Å². The Hall–Kier alpha value is -2.91. The Morgan fingerprint density at radius 1 is 0.769 bits per heavy atom. The first-order chi connectivity index (χ1) is 12.7. The fraction of sp³-hybridized carbons (Fsp3) is 0.174. The van der Waals surface area contributed by atoms with Crippen molar-refractivity contribution in [1.82, 2.24) is 5.32 Å². The molecular formula is C23H23NO2. The minimum Gasteiger partial charge on any atom is -0.388 e. The highest BCUT2D eigenvalue weighted by Crippen LogP contribution is 2.25. The number of carbonyl (C=O) groups excluding carboxylic acids is 1. The summed E-state index contributed by atoms with van der Waals surface area (Å²) < 4.78 is 0. The number of aliphatic hydroxyl groups excluding tert-OH is 1. The van der Waals surface area contributed by atoms with Gasteiger partial charge in [0.05, 0.1) is 12.0 Å². The molecule has 0 saturated heterocycles. The lowest BCUT2D eigenvalue weighted by atomic mass is 9.89. The van der Waals surface area contributed by atoms with Crippen LogP contribution in [0.25, 0.3) is 0 Å². The first-order valence-corrected chi connectivity index (χ1v) is 8.82. The monoisotopic (exact) mass is 345 g/mol. The van der Waals surface area contributed by atoms with Crippen LogP contribution in [0.15, 0.2) is 91.0 Å². The molecule has 0 spiro atoms. The summed E-state index contributed by atoms with van der Waals surface area (Å²) in [5.74, 6) is -0.697. The zero-order valence-electron chi connectivity index (χ0n) is 14.6. The van der Waals surface area contributed by atoms with Crippen LogP contribution in [0, 0.1) is 5.92 Å². The summed E-state index contributed by atoms with van der Waals surface area (Å²) in [4.78, 5) is 12.9. The molecular weight excluding hydrogens is 322 g/mol. The van der Waals surface area contributed by atoms with Crippen LogP contribution in [0.1, 0.15) is 22.8 Å². The maximum absolute atomic E-state index is 12.9. The van der Waals surface area contributed by atoms with E-state index in [4.69, 9.17) is 0 Å². The molecule has 132 valence electrons. The lowest BCUT2D eigenvalue weighted by Crippen LogP contribution is -2.35. The van der Waals surface area contributed by atoms with Crippen LogP contribution in [-0.2, 0) is 17.8 Å². The van der Waals surface area contributed by atoms with E-state index in [1.807, 2.05) is 91.0 Å². The van der Waals surface area contributed by atoms with Crippen LogP contribution in [-0.4, -0.2) is 11.0 Å². The molecule has 0 bridgehead atoms. The van der Waals surface area contributed by atoms with Crippen molar-refractivity contribution in [3.8, 4) is 0 Å². The van der Waals surface area contributed by atoms with Crippen molar-refractivity contribution >= 4 is 5.91 Å². The third-order valence-electron chi connectivity index (χ3n) is 4.47. The highest BCUT2D eigenvalue weighted by Gasteiger charge is 2.28. The molecule has 0 unspecified atom stereocenters. The first-order valence-electron chi connectivity index (χ1n) is 8.82. The van der Waals surface area contributed by atoms with Crippen LogP contribution in [0.4, 0.5) is 0 Å². The molecule has 3 nitrogen and oxygen atoms in total. The standard InChI is InChI=1S/C23H23NO2/c25-22(20-14-8-3-9-15-20)21(16-18-10-4-1-5-11-18)23(26)24-17-19-12-6-2-7-13-19/h1-15,21-22,25H,16-17H2,(H,24,26)/t21-,22-/m1/s1. The zero-order chi connectivity index (χ0) is 18.2. The van der Waals surface area contributed by atoms with Gasteiger partial charge in [-0.25, -0.2) is 0 Å². The molecule has 3 heteroatoms. The number of hydrogen-bond acceptors (Lipinski definition) is 2. The Kier molecular flexibility index (Phi) is 6.18. The molecule has 2 atom stereocenters. The zero-order valence-corrected chi connectivity index (χ0v) is 14.6. The van der Waals surface area contributed by atoms with Crippen LogP contribution in [0.3, 0.4) is 0 Å². The second-order valence-corrected chi connectivity index (χ2v) is 6.36. The maximum Gasteiger partial charge on any atom is 0.226 e. The molecule has 0 aromatic heterocycles. The molecule has 0 fully saturated rings. The van der Waals surface area contributed by atoms with E-state index >= 15 is 0 Å². The van der Waals surface area contributed by atoms with Gasteiger partial charge in [-0.15, -0.1) is 0 Å². The van der Waals surface area contributed by atoms with Crippen molar-refractivity contribution in [3.63, 3.8) is 0 Å². The number of aliphatic hydroxyl groups is 1. The van der Waals surface area contributed by atoms with Crippen molar-refractivity contribution in [3.05, 3.63) is 108 Å². The van der Waals surface area contributed by atoms with E-state index in [0.717, 1.165) is 16.7 Å². The highest BCUT2D eigenvalue weighted by molar-refractivity contribution is 5.79. The molecule has 0 heterocycles. The summed E-state index contributed by atoms with van der Waals surface area (Å²) in [5.41, 5.74) is 2.82. The first kappa shape index (κ1) is 17.9. The third kappa shape index (κ3) is 4.80. The van der Waals surface area contributed by atoms with Gasteiger partial charge in [-0.1, -0.05) is 91.0 Å². The molecule has 2 N–H and O–H groups in total. The van der Waals surface area contributed by atoms with Crippen LogP contribution < -0.4 is 5.32 Å². The van der Waals surface area contributed by atoms with E-state index < -0.39 is 12.0 Å². The lowest BCUT2D eigenvalue weighted by Gasteiger charge is -2.23. The highest BCUT2D eigenvalue weighted by atomic mass is 16.3. The van der Waals surface area contributed by atoms with Gasteiger partial charge in [0.2, 0.25) is 5.91 Å². The van der Waals surface area contributed by atoms with Gasteiger partial charge in [0.15, 0.2) is 0 Å². The largest absolute Gasteiger partial charge is 0.388 e. The quantitative estimate of drug-likeness (QED) is 0.682. The van der Waals surface area contributed by atoms with Gasteiger partial charge in [0.25, 0.3) is 0 Å². The van der Waals surface area contributed by atoms with Crippen molar-refractivity contribution in [1.29, 1.82) is 0 Å². The minimum atomic E-state index is -0.854. The number of benzene rings is 3. The Morgan fingerprint density at radius 3 is 1.85 bits per heavy atom. The van der Waals surface area contributed by atoms with Crippen LogP contribution >= 0.6 is 0 Å². The Balaban J connectivity index is 1.76. The summed E-state index contributed by atoms with van der Waals surface area (Å²) in [6.45, 7) is 0.451. The Morgan fingerprint density at radius 2 is 1.27 bits per heavy atom. The molecule has 3 rings (SSSR count). The second kappa shape index (κ2) is 8.97. The number of amides is 1. The summed E-state index contributed by atoms with van der Waals surface area (Å²) in [6.07, 6.45) is -0.371. The summed E-state index contributed by atoms with van der Waals surface area (Å²) in [7, 11) is 0. The van der Waals surface area contributed by atoms with Gasteiger partial charge in [0, 0.05) is 6.54 Å². The fourth-order valence-electron chi connectivity index (χ4n) is 3.01. The molecule has 0 radical (unpaired) electrons. The maximum atomic E-state index is 12.9. The normalized spacial score (nSPS) is 13.0. The summed E-state index contributed by atoms with van der Waals surface area (Å²) in [5, 5.41) is 13.8. The lowest BCUT2D eigenvalue weighted by molar-refractivity contribution is -0.128. The molecule has 0 aliphatic carbocycles. The number of hydrogen-bond donors (Lipinski definition) is 2. The van der Waals surface area contributed by atoms with Gasteiger partial charge in [-0.3, -0.25) is 4.79 Å². The summed E-state index contributed by atoms with van der Waals surface area (Å²) in [6, 6.07) is 28.9. The van der Waals surface area contributed by atoms with E-state index in [1.54, 1.807) is 0 Å². The number of rotatable bonds is 7. The molecule has 0 aliphatic heterocycles. The van der Waals surface area contributed by atoms with E-state index in [9.17, 15) is 9.90 Å². The molecule has 1 amide bonds. The fourth-order valence-corrected chi connectivity index (χ4v) is 3.01.